The summed E-state index contributed by atoms with van der Waals surface area (Å²) < 4.78 is 2.27. The summed E-state index contributed by atoms with van der Waals surface area (Å²) in [5, 5.41) is 4.95. The lowest BCUT2D eigenvalue weighted by molar-refractivity contribution is 0.125. The predicted octanol–water partition coefficient (Wildman–Crippen LogP) is 3.86. The second-order valence-corrected chi connectivity index (χ2v) is 7.83. The fraction of sp³-hybridized carbons (Fsp3) is 0.842. The van der Waals surface area contributed by atoms with Crippen LogP contribution in [0.1, 0.15) is 83.0 Å². The third kappa shape index (κ3) is 3.63. The zero-order chi connectivity index (χ0) is 16.4. The molecule has 3 unspecified atom stereocenters. The molecule has 3 atom stereocenters. The SMILES string of the molecule is CCCC(CCC)n1cc2c(n1)CN(C1CCC(C)C(N)C1)C2. The zero-order valence-electron chi connectivity index (χ0n) is 15.2. The molecule has 3 rings (SSSR count). The molecule has 1 saturated carbocycles. The second kappa shape index (κ2) is 7.35. The van der Waals surface area contributed by atoms with Gasteiger partial charge in [0.2, 0.25) is 0 Å². The second-order valence-electron chi connectivity index (χ2n) is 7.83. The monoisotopic (exact) mass is 318 g/mol. The van der Waals surface area contributed by atoms with Crippen molar-refractivity contribution in [3.8, 4) is 0 Å². The first-order valence-electron chi connectivity index (χ1n) is 9.68. The highest BCUT2D eigenvalue weighted by molar-refractivity contribution is 5.22. The number of hydrogen-bond acceptors (Lipinski definition) is 3. The Morgan fingerprint density at radius 2 is 1.96 bits per heavy atom. The van der Waals surface area contributed by atoms with Gasteiger partial charge >= 0.3 is 0 Å². The van der Waals surface area contributed by atoms with Crippen molar-refractivity contribution < 1.29 is 0 Å². The number of rotatable bonds is 6. The largest absolute Gasteiger partial charge is 0.327 e. The summed E-state index contributed by atoms with van der Waals surface area (Å²) in [5.74, 6) is 0.684. The van der Waals surface area contributed by atoms with Crippen LogP contribution in [0.5, 0.6) is 0 Å². The van der Waals surface area contributed by atoms with Gasteiger partial charge in [-0.1, -0.05) is 33.6 Å². The Morgan fingerprint density at radius 3 is 2.57 bits per heavy atom. The molecule has 1 fully saturated rings. The summed E-state index contributed by atoms with van der Waals surface area (Å²) >= 11 is 0. The van der Waals surface area contributed by atoms with E-state index in [-0.39, 0.29) is 0 Å². The summed E-state index contributed by atoms with van der Waals surface area (Å²) in [5.41, 5.74) is 9.07. The average molecular weight is 319 g/mol. The van der Waals surface area contributed by atoms with Crippen LogP contribution in [0.2, 0.25) is 0 Å². The fourth-order valence-electron chi connectivity index (χ4n) is 4.38. The lowest BCUT2D eigenvalue weighted by Gasteiger charge is -2.37. The normalized spacial score (nSPS) is 28.5. The van der Waals surface area contributed by atoms with Gasteiger partial charge in [-0.25, -0.2) is 0 Å². The molecule has 1 aliphatic carbocycles. The topological polar surface area (TPSA) is 47.1 Å². The molecule has 0 bridgehead atoms. The molecular formula is C19H34N4. The molecule has 0 spiro atoms. The van der Waals surface area contributed by atoms with Crippen LogP contribution in [0.25, 0.3) is 0 Å². The first kappa shape index (κ1) is 17.0. The van der Waals surface area contributed by atoms with Gasteiger partial charge < -0.3 is 5.73 Å². The van der Waals surface area contributed by atoms with E-state index in [2.05, 4.69) is 36.5 Å². The van der Waals surface area contributed by atoms with Crippen LogP contribution in [0.4, 0.5) is 0 Å². The summed E-state index contributed by atoms with van der Waals surface area (Å²) in [7, 11) is 0. The minimum Gasteiger partial charge on any atom is -0.327 e. The predicted molar refractivity (Wildman–Crippen MR) is 95.1 cm³/mol. The third-order valence-corrected chi connectivity index (χ3v) is 5.99. The van der Waals surface area contributed by atoms with E-state index in [0.29, 0.717) is 24.0 Å². The van der Waals surface area contributed by atoms with Gasteiger partial charge in [-0.3, -0.25) is 9.58 Å². The summed E-state index contributed by atoms with van der Waals surface area (Å²) in [6.45, 7) is 8.95. The molecule has 0 amide bonds. The van der Waals surface area contributed by atoms with Crippen molar-refractivity contribution in [3.05, 3.63) is 17.5 Å². The van der Waals surface area contributed by atoms with Crippen LogP contribution < -0.4 is 5.73 Å². The Bertz CT molecular complexity index is 480. The molecule has 1 aromatic heterocycles. The molecule has 2 heterocycles. The molecule has 130 valence electrons. The Kier molecular flexibility index (Phi) is 5.42. The lowest BCUT2D eigenvalue weighted by atomic mass is 9.83. The standard InChI is InChI=1S/C19H34N4/c1-4-6-16(7-5-2)23-12-15-11-22(13-19(15)21-23)17-9-8-14(3)18(20)10-17/h12,14,16-18H,4-11,13,20H2,1-3H3. The number of aromatic nitrogens is 2. The molecule has 23 heavy (non-hydrogen) atoms. The van der Waals surface area contributed by atoms with Gasteiger partial charge in [-0.2, -0.15) is 5.10 Å². The average Bonchev–Trinajstić information content (AvgIpc) is 3.08. The summed E-state index contributed by atoms with van der Waals surface area (Å²) in [4.78, 5) is 2.61. The van der Waals surface area contributed by atoms with E-state index < -0.39 is 0 Å². The van der Waals surface area contributed by atoms with Crippen molar-refractivity contribution in [1.82, 2.24) is 14.7 Å². The van der Waals surface area contributed by atoms with E-state index in [9.17, 15) is 0 Å². The van der Waals surface area contributed by atoms with Crippen molar-refractivity contribution in [2.75, 3.05) is 0 Å². The Balaban J connectivity index is 1.63. The van der Waals surface area contributed by atoms with Gasteiger partial charge in [0.05, 0.1) is 11.7 Å². The highest BCUT2D eigenvalue weighted by Gasteiger charge is 2.33. The molecule has 2 aliphatic rings. The maximum absolute atomic E-state index is 6.30. The number of hydrogen-bond donors (Lipinski definition) is 1. The van der Waals surface area contributed by atoms with Crippen molar-refractivity contribution in [3.63, 3.8) is 0 Å². The minimum absolute atomic E-state index is 0.375. The van der Waals surface area contributed by atoms with Gasteiger partial charge in [-0.05, 0) is 38.0 Å². The number of fused-ring (bicyclic) bond motifs is 1. The van der Waals surface area contributed by atoms with E-state index in [4.69, 9.17) is 10.8 Å². The maximum Gasteiger partial charge on any atom is 0.0810 e. The first-order chi connectivity index (χ1) is 11.1. The quantitative estimate of drug-likeness (QED) is 0.866. The van der Waals surface area contributed by atoms with Crippen LogP contribution in [0.15, 0.2) is 6.20 Å². The van der Waals surface area contributed by atoms with E-state index in [1.807, 2.05) is 0 Å². The van der Waals surface area contributed by atoms with E-state index in [0.717, 1.165) is 19.5 Å². The Labute approximate surface area is 141 Å². The number of nitrogens with zero attached hydrogens (tertiary/aromatic N) is 3. The summed E-state index contributed by atoms with van der Waals surface area (Å²) in [6.07, 6.45) is 11.0. The number of nitrogens with two attached hydrogens (primary N) is 1. The molecule has 1 aliphatic heterocycles. The van der Waals surface area contributed by atoms with Gasteiger partial charge in [0.15, 0.2) is 0 Å². The smallest absolute Gasteiger partial charge is 0.0810 e. The molecule has 1 aromatic rings. The Hall–Kier alpha value is -0.870. The van der Waals surface area contributed by atoms with E-state index >= 15 is 0 Å². The third-order valence-electron chi connectivity index (χ3n) is 5.99. The minimum atomic E-state index is 0.375. The van der Waals surface area contributed by atoms with E-state index in [1.54, 1.807) is 0 Å². The summed E-state index contributed by atoms with van der Waals surface area (Å²) in [6, 6.07) is 1.62. The van der Waals surface area contributed by atoms with Crippen LogP contribution in [-0.2, 0) is 13.1 Å². The van der Waals surface area contributed by atoms with E-state index in [1.165, 1.54) is 49.8 Å². The molecule has 0 radical (unpaired) electrons. The van der Waals surface area contributed by atoms with Crippen LogP contribution in [0, 0.1) is 5.92 Å². The van der Waals surface area contributed by atoms with Gasteiger partial charge in [0.25, 0.3) is 0 Å². The van der Waals surface area contributed by atoms with Gasteiger partial charge in [0, 0.05) is 36.9 Å². The van der Waals surface area contributed by atoms with Crippen molar-refractivity contribution in [1.29, 1.82) is 0 Å². The first-order valence-corrected chi connectivity index (χ1v) is 9.68. The fourth-order valence-corrected chi connectivity index (χ4v) is 4.38. The van der Waals surface area contributed by atoms with Gasteiger partial charge in [0.1, 0.15) is 0 Å². The van der Waals surface area contributed by atoms with Crippen LogP contribution >= 0.6 is 0 Å². The molecule has 0 saturated heterocycles. The van der Waals surface area contributed by atoms with Gasteiger partial charge in [-0.15, -0.1) is 0 Å². The highest BCUT2D eigenvalue weighted by atomic mass is 15.3. The van der Waals surface area contributed by atoms with Crippen LogP contribution in [0.3, 0.4) is 0 Å². The zero-order valence-corrected chi connectivity index (χ0v) is 15.2. The highest BCUT2D eigenvalue weighted by Crippen LogP contribution is 2.33. The molecule has 2 N–H and O–H groups in total. The lowest BCUT2D eigenvalue weighted by Crippen LogP contribution is -2.43. The maximum atomic E-state index is 6.30. The van der Waals surface area contributed by atoms with Crippen molar-refractivity contribution >= 4 is 0 Å². The molecule has 4 nitrogen and oxygen atoms in total. The van der Waals surface area contributed by atoms with Crippen LogP contribution in [-0.4, -0.2) is 26.8 Å². The molecule has 4 heteroatoms. The Morgan fingerprint density at radius 1 is 1.22 bits per heavy atom. The van der Waals surface area contributed by atoms with Crippen molar-refractivity contribution in [2.45, 2.75) is 96.9 Å². The molecular weight excluding hydrogens is 284 g/mol. The van der Waals surface area contributed by atoms with Crippen molar-refractivity contribution in [2.24, 2.45) is 11.7 Å². The molecule has 0 aromatic carbocycles.